The van der Waals surface area contributed by atoms with E-state index in [0.717, 1.165) is 12.0 Å². The summed E-state index contributed by atoms with van der Waals surface area (Å²) in [5.41, 5.74) is 0.915. The van der Waals surface area contributed by atoms with Crippen LogP contribution in [-0.2, 0) is 0 Å². The van der Waals surface area contributed by atoms with E-state index in [0.29, 0.717) is 11.8 Å². The molecule has 0 rings (SSSR count). The highest BCUT2D eigenvalue weighted by Gasteiger charge is 2.00. The highest BCUT2D eigenvalue weighted by molar-refractivity contribution is 5.22. The van der Waals surface area contributed by atoms with Crippen molar-refractivity contribution in [3.8, 4) is 6.07 Å². The quantitative estimate of drug-likeness (QED) is 0.568. The fraction of sp³-hybridized carbons (Fsp3) is 0.700. The molecule has 0 fully saturated rings. The van der Waals surface area contributed by atoms with Gasteiger partial charge in [-0.1, -0.05) is 33.8 Å². The van der Waals surface area contributed by atoms with E-state index in [1.807, 2.05) is 0 Å². The molecule has 0 radical (unpaired) electrons. The van der Waals surface area contributed by atoms with Crippen molar-refractivity contribution in [2.75, 3.05) is 0 Å². The van der Waals surface area contributed by atoms with Gasteiger partial charge < -0.3 is 0 Å². The Labute approximate surface area is 69.7 Å². The van der Waals surface area contributed by atoms with E-state index >= 15 is 0 Å². The number of nitrogens with zero attached hydrogens (tertiary/aromatic N) is 1. The summed E-state index contributed by atoms with van der Waals surface area (Å²) >= 11 is 0. The SMILES string of the molecule is CC(C)C/C=C(/C#N)C(C)C. The van der Waals surface area contributed by atoms with Crippen LogP contribution in [0.1, 0.15) is 34.1 Å². The lowest BCUT2D eigenvalue weighted by atomic mass is 10.0. The first-order chi connectivity index (χ1) is 5.07. The fourth-order valence-corrected chi connectivity index (χ4v) is 0.773. The van der Waals surface area contributed by atoms with Gasteiger partial charge in [0, 0.05) is 5.57 Å². The summed E-state index contributed by atoms with van der Waals surface area (Å²) in [6, 6.07) is 2.22. The summed E-state index contributed by atoms with van der Waals surface area (Å²) in [6.07, 6.45) is 3.07. The van der Waals surface area contributed by atoms with Crippen molar-refractivity contribution in [2.24, 2.45) is 11.8 Å². The standard InChI is InChI=1S/C10H17N/c1-8(2)5-6-10(7-11)9(3)4/h6,8-9H,5H2,1-4H3/b10-6-. The monoisotopic (exact) mass is 151 g/mol. The van der Waals surface area contributed by atoms with Crippen molar-refractivity contribution < 1.29 is 0 Å². The molecule has 0 saturated heterocycles. The van der Waals surface area contributed by atoms with Crippen LogP contribution < -0.4 is 0 Å². The van der Waals surface area contributed by atoms with Gasteiger partial charge in [-0.15, -0.1) is 0 Å². The van der Waals surface area contributed by atoms with Crippen molar-refractivity contribution in [1.82, 2.24) is 0 Å². The number of hydrogen-bond donors (Lipinski definition) is 0. The van der Waals surface area contributed by atoms with Crippen LogP contribution in [0.25, 0.3) is 0 Å². The van der Waals surface area contributed by atoms with Crippen LogP contribution in [-0.4, -0.2) is 0 Å². The highest BCUT2D eigenvalue weighted by atomic mass is 14.3. The zero-order valence-corrected chi connectivity index (χ0v) is 7.89. The van der Waals surface area contributed by atoms with Crippen LogP contribution in [0.15, 0.2) is 11.6 Å². The first-order valence-corrected chi connectivity index (χ1v) is 4.18. The molecule has 0 aromatic rings. The van der Waals surface area contributed by atoms with Gasteiger partial charge in [0.2, 0.25) is 0 Å². The molecule has 0 spiro atoms. The lowest BCUT2D eigenvalue weighted by Gasteiger charge is -2.03. The Morgan fingerprint density at radius 2 is 1.91 bits per heavy atom. The van der Waals surface area contributed by atoms with Crippen molar-refractivity contribution >= 4 is 0 Å². The summed E-state index contributed by atoms with van der Waals surface area (Å²) in [4.78, 5) is 0. The van der Waals surface area contributed by atoms with E-state index in [1.165, 1.54) is 0 Å². The fourth-order valence-electron chi connectivity index (χ4n) is 0.773. The summed E-state index contributed by atoms with van der Waals surface area (Å²) < 4.78 is 0. The molecule has 62 valence electrons. The van der Waals surface area contributed by atoms with Gasteiger partial charge in [0.25, 0.3) is 0 Å². The maximum atomic E-state index is 8.69. The molecule has 0 aromatic carbocycles. The van der Waals surface area contributed by atoms with Crippen molar-refractivity contribution in [1.29, 1.82) is 5.26 Å². The third kappa shape index (κ3) is 4.61. The zero-order valence-electron chi connectivity index (χ0n) is 7.89. The van der Waals surface area contributed by atoms with Crippen molar-refractivity contribution in [3.63, 3.8) is 0 Å². The first-order valence-electron chi connectivity index (χ1n) is 4.18. The highest BCUT2D eigenvalue weighted by Crippen LogP contribution is 2.11. The Morgan fingerprint density at radius 1 is 1.36 bits per heavy atom. The second kappa shape index (κ2) is 4.96. The minimum absolute atomic E-state index is 0.374. The summed E-state index contributed by atoms with van der Waals surface area (Å²) in [5.74, 6) is 1.02. The smallest absolute Gasteiger partial charge is 0.0946 e. The summed E-state index contributed by atoms with van der Waals surface area (Å²) in [7, 11) is 0. The average Bonchev–Trinajstić information content (AvgIpc) is 1.87. The molecule has 11 heavy (non-hydrogen) atoms. The molecular formula is C10H17N. The molecule has 0 saturated carbocycles. The van der Waals surface area contributed by atoms with Gasteiger partial charge in [-0.3, -0.25) is 0 Å². The summed E-state index contributed by atoms with van der Waals surface area (Å²) in [6.45, 7) is 8.42. The number of allylic oxidation sites excluding steroid dienone is 2. The van der Waals surface area contributed by atoms with Crippen LogP contribution >= 0.6 is 0 Å². The lowest BCUT2D eigenvalue weighted by Crippen LogP contribution is -1.92. The number of nitriles is 1. The maximum Gasteiger partial charge on any atom is 0.0946 e. The zero-order chi connectivity index (χ0) is 8.85. The lowest BCUT2D eigenvalue weighted by molar-refractivity contribution is 0.655. The van der Waals surface area contributed by atoms with Crippen LogP contribution in [0.2, 0.25) is 0 Å². The second-order valence-corrected chi connectivity index (χ2v) is 3.56. The third-order valence-electron chi connectivity index (χ3n) is 1.56. The minimum Gasteiger partial charge on any atom is -0.193 e. The Kier molecular flexibility index (Phi) is 4.61. The molecule has 0 amide bonds. The molecule has 0 unspecified atom stereocenters. The van der Waals surface area contributed by atoms with E-state index < -0.39 is 0 Å². The maximum absolute atomic E-state index is 8.69. The van der Waals surface area contributed by atoms with Crippen LogP contribution in [0.5, 0.6) is 0 Å². The third-order valence-corrected chi connectivity index (χ3v) is 1.56. The molecule has 0 aliphatic carbocycles. The normalized spacial score (nSPS) is 12.3. The molecular weight excluding hydrogens is 134 g/mol. The molecule has 0 bridgehead atoms. The Balaban J connectivity index is 4.05. The van der Waals surface area contributed by atoms with E-state index in [9.17, 15) is 0 Å². The predicted octanol–water partition coefficient (Wildman–Crippen LogP) is 3.14. The van der Waals surface area contributed by atoms with E-state index in [1.54, 1.807) is 0 Å². The number of hydrogen-bond acceptors (Lipinski definition) is 1. The van der Waals surface area contributed by atoms with E-state index in [-0.39, 0.29) is 0 Å². The average molecular weight is 151 g/mol. The molecule has 0 aliphatic rings. The first kappa shape index (κ1) is 10.2. The minimum atomic E-state index is 0.374. The Hall–Kier alpha value is -0.770. The van der Waals surface area contributed by atoms with E-state index in [2.05, 4.69) is 39.8 Å². The van der Waals surface area contributed by atoms with Crippen LogP contribution in [0.3, 0.4) is 0 Å². The molecule has 0 atom stereocenters. The molecule has 1 heteroatoms. The van der Waals surface area contributed by atoms with Crippen molar-refractivity contribution in [3.05, 3.63) is 11.6 Å². The van der Waals surface area contributed by atoms with E-state index in [4.69, 9.17) is 5.26 Å². The second-order valence-electron chi connectivity index (χ2n) is 3.56. The largest absolute Gasteiger partial charge is 0.193 e. The molecule has 0 heterocycles. The molecule has 0 aromatic heterocycles. The number of rotatable bonds is 3. The van der Waals surface area contributed by atoms with Crippen LogP contribution in [0.4, 0.5) is 0 Å². The van der Waals surface area contributed by atoms with Gasteiger partial charge in [-0.2, -0.15) is 5.26 Å². The van der Waals surface area contributed by atoms with Gasteiger partial charge in [-0.25, -0.2) is 0 Å². The molecule has 0 N–H and O–H groups in total. The van der Waals surface area contributed by atoms with Gasteiger partial charge in [0.1, 0.15) is 0 Å². The van der Waals surface area contributed by atoms with Gasteiger partial charge >= 0.3 is 0 Å². The van der Waals surface area contributed by atoms with Gasteiger partial charge in [-0.05, 0) is 18.3 Å². The predicted molar refractivity (Wildman–Crippen MR) is 48.0 cm³/mol. The molecule has 1 nitrogen and oxygen atoms in total. The van der Waals surface area contributed by atoms with Crippen molar-refractivity contribution in [2.45, 2.75) is 34.1 Å². The summed E-state index contributed by atoms with van der Waals surface area (Å²) in [5, 5.41) is 8.69. The van der Waals surface area contributed by atoms with Gasteiger partial charge in [0.05, 0.1) is 6.07 Å². The topological polar surface area (TPSA) is 23.8 Å². The Morgan fingerprint density at radius 3 is 2.18 bits per heavy atom. The molecule has 0 aliphatic heterocycles. The van der Waals surface area contributed by atoms with Gasteiger partial charge in [0.15, 0.2) is 0 Å². The Bertz CT molecular complexity index is 170. The van der Waals surface area contributed by atoms with Crippen LogP contribution in [0, 0.1) is 23.2 Å².